The molecule has 1 rings (SSSR count). The largest absolute Gasteiger partial charge is 0.434 e. The topological polar surface area (TPSA) is 63.3 Å². The molecule has 0 bridgehead atoms. The Kier molecular flexibility index (Phi) is 4.50. The molecule has 1 aromatic heterocycles. The van der Waals surface area contributed by atoms with Crippen molar-refractivity contribution in [2.24, 2.45) is 10.7 Å². The van der Waals surface area contributed by atoms with Crippen LogP contribution in [-0.4, -0.2) is 17.5 Å². The fourth-order valence-corrected chi connectivity index (χ4v) is 1.62. The molecule has 0 aliphatic carbocycles. The first-order valence-corrected chi connectivity index (χ1v) is 5.47. The van der Waals surface area contributed by atoms with Crippen LogP contribution in [0.2, 0.25) is 0 Å². The first-order valence-electron chi connectivity index (χ1n) is 4.59. The van der Waals surface area contributed by atoms with Gasteiger partial charge in [-0.1, -0.05) is 6.08 Å². The second kappa shape index (κ2) is 5.67. The number of halogens is 3. The molecule has 0 unspecified atom stereocenters. The number of guanidine groups is 1. The number of nitrogens with zero attached hydrogens (tertiary/aromatic N) is 2. The molecule has 0 aliphatic rings. The minimum atomic E-state index is -4.41. The second-order valence-electron chi connectivity index (χ2n) is 3.00. The highest BCUT2D eigenvalue weighted by molar-refractivity contribution is 7.09. The average molecular weight is 264 g/mol. The predicted molar refractivity (Wildman–Crippen MR) is 60.6 cm³/mol. The molecule has 0 amide bonds. The lowest BCUT2D eigenvalue weighted by Gasteiger charge is -2.01. The standard InChI is InChI=1S/C9H11F3N4S/c1-2-3-14-8(13)15-4-7-16-6(5-17-7)9(10,11)12/h2,5H,1,3-4H2,(H3,13,14,15). The van der Waals surface area contributed by atoms with E-state index < -0.39 is 11.9 Å². The van der Waals surface area contributed by atoms with Gasteiger partial charge in [0.1, 0.15) is 5.01 Å². The fraction of sp³-hybridized carbons (Fsp3) is 0.333. The number of aliphatic imine (C=N–C) groups is 1. The highest BCUT2D eigenvalue weighted by Gasteiger charge is 2.33. The molecule has 3 N–H and O–H groups in total. The first-order chi connectivity index (χ1) is 7.93. The maximum absolute atomic E-state index is 12.2. The number of hydrogen-bond donors (Lipinski definition) is 2. The van der Waals surface area contributed by atoms with Crippen molar-refractivity contribution in [2.75, 3.05) is 6.54 Å². The molecule has 1 heterocycles. The molecule has 17 heavy (non-hydrogen) atoms. The van der Waals surface area contributed by atoms with Crippen molar-refractivity contribution < 1.29 is 13.2 Å². The van der Waals surface area contributed by atoms with Crippen molar-refractivity contribution in [3.05, 3.63) is 28.7 Å². The third kappa shape index (κ3) is 4.43. The highest BCUT2D eigenvalue weighted by atomic mass is 32.1. The predicted octanol–water partition coefficient (Wildman–Crippen LogP) is 1.75. The molecule has 0 atom stereocenters. The number of hydrogen-bond acceptors (Lipinski definition) is 3. The molecule has 0 radical (unpaired) electrons. The summed E-state index contributed by atoms with van der Waals surface area (Å²) in [5.74, 6) is 0.147. The maximum atomic E-state index is 12.2. The van der Waals surface area contributed by atoms with E-state index in [0.717, 1.165) is 16.7 Å². The Labute approximate surface area is 100 Å². The van der Waals surface area contributed by atoms with Gasteiger partial charge in [-0.3, -0.25) is 0 Å². The van der Waals surface area contributed by atoms with Crippen LogP contribution in [0.4, 0.5) is 13.2 Å². The van der Waals surface area contributed by atoms with Crippen molar-refractivity contribution in [2.45, 2.75) is 12.7 Å². The maximum Gasteiger partial charge on any atom is 0.434 e. The Morgan fingerprint density at radius 3 is 2.88 bits per heavy atom. The van der Waals surface area contributed by atoms with Gasteiger partial charge in [-0.15, -0.1) is 17.9 Å². The summed E-state index contributed by atoms with van der Waals surface area (Å²) < 4.78 is 36.7. The van der Waals surface area contributed by atoms with E-state index in [0.29, 0.717) is 6.54 Å². The second-order valence-corrected chi connectivity index (χ2v) is 3.94. The molecule has 0 aliphatic heterocycles. The summed E-state index contributed by atoms with van der Waals surface area (Å²) in [4.78, 5) is 7.26. The molecule has 0 spiro atoms. The third-order valence-electron chi connectivity index (χ3n) is 1.65. The molecular weight excluding hydrogens is 253 g/mol. The Hall–Kier alpha value is -1.57. The van der Waals surface area contributed by atoms with E-state index in [4.69, 9.17) is 5.73 Å². The Morgan fingerprint density at radius 1 is 1.65 bits per heavy atom. The van der Waals surface area contributed by atoms with Crippen molar-refractivity contribution in [1.29, 1.82) is 0 Å². The summed E-state index contributed by atoms with van der Waals surface area (Å²) in [6, 6.07) is 0. The van der Waals surface area contributed by atoms with Gasteiger partial charge in [0.05, 0.1) is 6.54 Å². The van der Waals surface area contributed by atoms with Crippen molar-refractivity contribution >= 4 is 17.3 Å². The zero-order valence-corrected chi connectivity index (χ0v) is 9.61. The summed E-state index contributed by atoms with van der Waals surface area (Å²) in [7, 11) is 0. The van der Waals surface area contributed by atoms with E-state index in [1.807, 2.05) is 0 Å². The zero-order chi connectivity index (χ0) is 12.9. The van der Waals surface area contributed by atoms with E-state index in [9.17, 15) is 13.2 Å². The van der Waals surface area contributed by atoms with Gasteiger partial charge in [-0.2, -0.15) is 13.2 Å². The van der Waals surface area contributed by atoms with Crippen LogP contribution in [0.25, 0.3) is 0 Å². The number of nitrogens with two attached hydrogens (primary N) is 1. The lowest BCUT2D eigenvalue weighted by Crippen LogP contribution is -2.31. The number of aromatic nitrogens is 1. The number of alkyl halides is 3. The van der Waals surface area contributed by atoms with Gasteiger partial charge in [-0.05, 0) is 0 Å². The molecular formula is C9H11F3N4S. The van der Waals surface area contributed by atoms with Crippen LogP contribution in [0, 0.1) is 0 Å². The lowest BCUT2D eigenvalue weighted by molar-refractivity contribution is -0.140. The molecule has 0 fully saturated rings. The van der Waals surface area contributed by atoms with Gasteiger partial charge in [0.15, 0.2) is 11.7 Å². The van der Waals surface area contributed by atoms with Crippen LogP contribution in [0.3, 0.4) is 0 Å². The van der Waals surface area contributed by atoms with Crippen molar-refractivity contribution in [3.8, 4) is 0 Å². The van der Waals surface area contributed by atoms with E-state index in [2.05, 4.69) is 21.9 Å². The minimum absolute atomic E-state index is 0.0245. The van der Waals surface area contributed by atoms with Gasteiger partial charge in [0, 0.05) is 11.9 Å². The van der Waals surface area contributed by atoms with Gasteiger partial charge in [-0.25, -0.2) is 9.98 Å². The quantitative estimate of drug-likeness (QED) is 0.495. The molecule has 0 saturated carbocycles. The highest BCUT2D eigenvalue weighted by Crippen LogP contribution is 2.30. The summed E-state index contributed by atoms with van der Waals surface area (Å²) in [6.07, 6.45) is -2.82. The SMILES string of the molecule is C=CCNC(N)=NCc1nc(C(F)(F)F)cs1. The lowest BCUT2D eigenvalue weighted by atomic mass is 10.5. The van der Waals surface area contributed by atoms with Crippen LogP contribution < -0.4 is 11.1 Å². The van der Waals surface area contributed by atoms with Gasteiger partial charge < -0.3 is 11.1 Å². The molecule has 94 valence electrons. The monoisotopic (exact) mass is 264 g/mol. The van der Waals surface area contributed by atoms with E-state index >= 15 is 0 Å². The van der Waals surface area contributed by atoms with E-state index in [1.165, 1.54) is 0 Å². The number of thiazole rings is 1. The van der Waals surface area contributed by atoms with Crippen LogP contribution in [-0.2, 0) is 12.7 Å². The normalized spacial score (nSPS) is 12.5. The van der Waals surface area contributed by atoms with Gasteiger partial charge >= 0.3 is 6.18 Å². The van der Waals surface area contributed by atoms with Crippen LogP contribution in [0.15, 0.2) is 23.0 Å². The van der Waals surface area contributed by atoms with E-state index in [-0.39, 0.29) is 17.5 Å². The van der Waals surface area contributed by atoms with Crippen molar-refractivity contribution in [3.63, 3.8) is 0 Å². The molecule has 4 nitrogen and oxygen atoms in total. The first kappa shape index (κ1) is 13.5. The van der Waals surface area contributed by atoms with Crippen LogP contribution >= 0.6 is 11.3 Å². The minimum Gasteiger partial charge on any atom is -0.370 e. The summed E-state index contributed by atoms with van der Waals surface area (Å²) in [6.45, 7) is 3.94. The molecule has 1 aromatic rings. The molecule has 8 heteroatoms. The van der Waals surface area contributed by atoms with Gasteiger partial charge in [0.2, 0.25) is 0 Å². The fourth-order valence-electron chi connectivity index (χ4n) is 0.899. The van der Waals surface area contributed by atoms with Crippen LogP contribution in [0.5, 0.6) is 0 Å². The van der Waals surface area contributed by atoms with Crippen molar-refractivity contribution in [1.82, 2.24) is 10.3 Å². The summed E-state index contributed by atoms with van der Waals surface area (Å²) in [5, 5.41) is 3.92. The zero-order valence-electron chi connectivity index (χ0n) is 8.79. The van der Waals surface area contributed by atoms with Crippen LogP contribution in [0.1, 0.15) is 10.7 Å². The Bertz CT molecular complexity index is 411. The average Bonchev–Trinajstić information content (AvgIpc) is 2.71. The Morgan fingerprint density at radius 2 is 2.35 bits per heavy atom. The molecule has 0 saturated heterocycles. The summed E-state index contributed by atoms with van der Waals surface area (Å²) >= 11 is 0.901. The third-order valence-corrected chi connectivity index (χ3v) is 2.49. The smallest absolute Gasteiger partial charge is 0.370 e. The number of nitrogens with one attached hydrogen (secondary N) is 1. The summed E-state index contributed by atoms with van der Waals surface area (Å²) in [5.41, 5.74) is 4.55. The molecule has 0 aromatic carbocycles. The van der Waals surface area contributed by atoms with Gasteiger partial charge in [0.25, 0.3) is 0 Å². The Balaban J connectivity index is 2.58. The van der Waals surface area contributed by atoms with E-state index in [1.54, 1.807) is 6.08 Å². The number of rotatable bonds is 4.